The summed E-state index contributed by atoms with van der Waals surface area (Å²) in [6.07, 6.45) is 10.4. The highest BCUT2D eigenvalue weighted by atomic mass is 16.5. The Balaban J connectivity index is 1.24. The summed E-state index contributed by atoms with van der Waals surface area (Å²) in [5, 5.41) is 4.60. The lowest BCUT2D eigenvalue weighted by molar-refractivity contribution is -0.142. The zero-order chi connectivity index (χ0) is 20.7. The zero-order valence-corrected chi connectivity index (χ0v) is 18.2. The molecule has 1 spiro atoms. The van der Waals surface area contributed by atoms with E-state index in [9.17, 15) is 9.59 Å². The molecule has 1 aromatic heterocycles. The maximum Gasteiger partial charge on any atom is 0.274 e. The third-order valence-electron chi connectivity index (χ3n) is 7.85. The lowest BCUT2D eigenvalue weighted by Crippen LogP contribution is -2.51. The summed E-state index contributed by atoms with van der Waals surface area (Å²) in [7, 11) is 1.94. The Hall–Kier alpha value is -1.89. The summed E-state index contributed by atoms with van der Waals surface area (Å²) in [4.78, 5) is 29.6. The van der Waals surface area contributed by atoms with E-state index in [1.165, 1.54) is 25.7 Å². The largest absolute Gasteiger partial charge is 0.370 e. The first-order valence-electron chi connectivity index (χ1n) is 11.8. The van der Waals surface area contributed by atoms with Gasteiger partial charge in [-0.3, -0.25) is 14.3 Å². The van der Waals surface area contributed by atoms with Gasteiger partial charge in [-0.25, -0.2) is 0 Å². The second-order valence-electron chi connectivity index (χ2n) is 9.78. The molecule has 3 aliphatic heterocycles. The van der Waals surface area contributed by atoms with E-state index >= 15 is 0 Å². The van der Waals surface area contributed by atoms with Crippen molar-refractivity contribution >= 4 is 11.8 Å². The monoisotopic (exact) mass is 414 g/mol. The van der Waals surface area contributed by atoms with E-state index in [0.29, 0.717) is 24.1 Å². The van der Waals surface area contributed by atoms with Gasteiger partial charge in [0, 0.05) is 57.3 Å². The van der Waals surface area contributed by atoms with Gasteiger partial charge in [-0.2, -0.15) is 5.10 Å². The van der Waals surface area contributed by atoms with Crippen molar-refractivity contribution in [2.45, 2.75) is 76.4 Å². The summed E-state index contributed by atoms with van der Waals surface area (Å²) in [5.41, 5.74) is 2.46. The molecule has 0 unspecified atom stereocenters. The van der Waals surface area contributed by atoms with E-state index in [2.05, 4.69) is 5.10 Å². The van der Waals surface area contributed by atoms with Gasteiger partial charge in [0.25, 0.3) is 5.91 Å². The number of aromatic nitrogens is 2. The van der Waals surface area contributed by atoms with Crippen molar-refractivity contribution in [1.29, 1.82) is 0 Å². The molecule has 4 aliphatic rings. The van der Waals surface area contributed by atoms with Gasteiger partial charge in [-0.15, -0.1) is 0 Å². The van der Waals surface area contributed by atoms with Crippen molar-refractivity contribution in [3.05, 3.63) is 17.0 Å². The van der Waals surface area contributed by atoms with Gasteiger partial charge in [0.2, 0.25) is 5.91 Å². The molecule has 0 N–H and O–H groups in total. The highest BCUT2D eigenvalue weighted by Crippen LogP contribution is 2.38. The number of hydrogen-bond acceptors (Lipinski definition) is 4. The predicted octanol–water partition coefficient (Wildman–Crippen LogP) is 2.67. The predicted molar refractivity (Wildman–Crippen MR) is 112 cm³/mol. The van der Waals surface area contributed by atoms with Crippen molar-refractivity contribution in [1.82, 2.24) is 19.6 Å². The van der Waals surface area contributed by atoms with Crippen LogP contribution >= 0.6 is 0 Å². The van der Waals surface area contributed by atoms with Crippen molar-refractivity contribution in [3.63, 3.8) is 0 Å². The second kappa shape index (κ2) is 7.98. The van der Waals surface area contributed by atoms with Crippen molar-refractivity contribution < 1.29 is 14.3 Å². The fourth-order valence-corrected chi connectivity index (χ4v) is 5.87. The molecule has 0 atom stereocenters. The molecule has 5 rings (SSSR count). The van der Waals surface area contributed by atoms with Crippen LogP contribution in [0.1, 0.15) is 79.5 Å². The van der Waals surface area contributed by atoms with Crippen LogP contribution in [-0.2, 0) is 29.6 Å². The minimum absolute atomic E-state index is 0.0521. The number of rotatable bonds is 3. The molecule has 2 saturated heterocycles. The van der Waals surface area contributed by atoms with Crippen LogP contribution in [0.3, 0.4) is 0 Å². The van der Waals surface area contributed by atoms with Crippen LogP contribution in [0, 0.1) is 5.92 Å². The number of piperidine rings is 1. The van der Waals surface area contributed by atoms with Crippen molar-refractivity contribution in [3.8, 4) is 0 Å². The first-order chi connectivity index (χ1) is 14.5. The molecule has 1 saturated carbocycles. The van der Waals surface area contributed by atoms with E-state index in [1.807, 2.05) is 21.5 Å². The molecular weight excluding hydrogens is 380 g/mol. The minimum Gasteiger partial charge on any atom is -0.370 e. The van der Waals surface area contributed by atoms with Crippen LogP contribution in [0.2, 0.25) is 0 Å². The summed E-state index contributed by atoms with van der Waals surface area (Å²) < 4.78 is 8.29. The molecule has 0 aromatic carbocycles. The van der Waals surface area contributed by atoms with Gasteiger partial charge in [0.15, 0.2) is 5.69 Å². The Kier molecular flexibility index (Phi) is 5.33. The fraction of sp³-hybridized carbons (Fsp3) is 0.783. The minimum atomic E-state index is -0.223. The SMILES string of the molecule is Cn1nc(C(=O)N2CCCC2)c2c1CC1(CCN(C(=O)CC3CCCC3)CC1)OC2. The molecule has 30 heavy (non-hydrogen) atoms. The number of hydrogen-bond donors (Lipinski definition) is 0. The average Bonchev–Trinajstić information content (AvgIpc) is 3.51. The molecule has 7 nitrogen and oxygen atoms in total. The van der Waals surface area contributed by atoms with Crippen LogP contribution in [0.25, 0.3) is 0 Å². The summed E-state index contributed by atoms with van der Waals surface area (Å²) >= 11 is 0. The Bertz CT molecular complexity index is 813. The number of likely N-dealkylation sites (tertiary alicyclic amines) is 2. The molecule has 2 amide bonds. The van der Waals surface area contributed by atoms with Crippen molar-refractivity contribution in [2.75, 3.05) is 26.2 Å². The molecule has 0 bridgehead atoms. The first-order valence-corrected chi connectivity index (χ1v) is 11.8. The third kappa shape index (κ3) is 3.66. The molecule has 3 fully saturated rings. The Labute approximate surface area is 178 Å². The molecule has 1 aliphatic carbocycles. The van der Waals surface area contributed by atoms with Crippen LogP contribution in [0.4, 0.5) is 0 Å². The zero-order valence-electron chi connectivity index (χ0n) is 18.2. The molecule has 164 valence electrons. The Morgan fingerprint density at radius 1 is 1.03 bits per heavy atom. The topological polar surface area (TPSA) is 67.7 Å². The molecule has 7 heteroatoms. The van der Waals surface area contributed by atoms with E-state index in [0.717, 1.165) is 76.0 Å². The maximum absolute atomic E-state index is 12.9. The number of ether oxygens (including phenoxy) is 1. The van der Waals surface area contributed by atoms with Crippen LogP contribution in [0.5, 0.6) is 0 Å². The smallest absolute Gasteiger partial charge is 0.274 e. The maximum atomic E-state index is 12.9. The van der Waals surface area contributed by atoms with E-state index in [-0.39, 0.29) is 11.5 Å². The van der Waals surface area contributed by atoms with E-state index in [1.54, 1.807) is 0 Å². The highest BCUT2D eigenvalue weighted by Gasteiger charge is 2.43. The van der Waals surface area contributed by atoms with E-state index in [4.69, 9.17) is 4.74 Å². The van der Waals surface area contributed by atoms with Crippen LogP contribution < -0.4 is 0 Å². The van der Waals surface area contributed by atoms with Gasteiger partial charge in [0.05, 0.1) is 12.2 Å². The fourth-order valence-electron chi connectivity index (χ4n) is 5.87. The lowest BCUT2D eigenvalue weighted by Gasteiger charge is -2.44. The number of carbonyl (C=O) groups excluding carboxylic acids is 2. The highest BCUT2D eigenvalue weighted by molar-refractivity contribution is 5.94. The quantitative estimate of drug-likeness (QED) is 0.763. The Morgan fingerprint density at radius 3 is 2.43 bits per heavy atom. The van der Waals surface area contributed by atoms with Gasteiger partial charge in [0.1, 0.15) is 0 Å². The lowest BCUT2D eigenvalue weighted by atomic mass is 9.83. The number of fused-ring (bicyclic) bond motifs is 1. The molecule has 1 aromatic rings. The number of nitrogens with zero attached hydrogens (tertiary/aromatic N) is 4. The van der Waals surface area contributed by atoms with Gasteiger partial charge in [-0.05, 0) is 44.4 Å². The van der Waals surface area contributed by atoms with Crippen LogP contribution in [0.15, 0.2) is 0 Å². The van der Waals surface area contributed by atoms with Gasteiger partial charge in [-0.1, -0.05) is 12.8 Å². The summed E-state index contributed by atoms with van der Waals surface area (Å²) in [6.45, 7) is 3.67. The standard InChI is InChI=1S/C23H34N4O3/c1-25-19-15-23(8-12-26(13-9-23)20(28)14-17-6-2-3-7-17)30-16-18(19)21(24-25)22(29)27-10-4-5-11-27/h17H,2-16H2,1H3. The van der Waals surface area contributed by atoms with Gasteiger partial charge >= 0.3 is 0 Å². The number of amides is 2. The number of carbonyl (C=O) groups is 2. The summed E-state index contributed by atoms with van der Waals surface area (Å²) in [6, 6.07) is 0. The summed E-state index contributed by atoms with van der Waals surface area (Å²) in [5.74, 6) is 0.978. The Morgan fingerprint density at radius 2 is 1.73 bits per heavy atom. The molecule has 4 heterocycles. The van der Waals surface area contributed by atoms with Crippen LogP contribution in [-0.4, -0.2) is 63.2 Å². The van der Waals surface area contributed by atoms with E-state index < -0.39 is 0 Å². The average molecular weight is 415 g/mol. The molecule has 0 radical (unpaired) electrons. The van der Waals surface area contributed by atoms with Crippen molar-refractivity contribution in [2.24, 2.45) is 13.0 Å². The first kappa shape index (κ1) is 20.0. The second-order valence-corrected chi connectivity index (χ2v) is 9.78. The third-order valence-corrected chi connectivity index (χ3v) is 7.85. The normalized spacial score (nSPS) is 23.9. The number of aryl methyl sites for hydroxylation is 1. The van der Waals surface area contributed by atoms with Gasteiger partial charge < -0.3 is 14.5 Å². The molecular formula is C23H34N4O3.